The Morgan fingerprint density at radius 2 is 2.04 bits per heavy atom. The minimum Gasteiger partial charge on any atom is -0.497 e. The van der Waals surface area contributed by atoms with E-state index in [0.717, 1.165) is 41.4 Å². The summed E-state index contributed by atoms with van der Waals surface area (Å²) < 4.78 is 5.23. The molecule has 0 fully saturated rings. The summed E-state index contributed by atoms with van der Waals surface area (Å²) in [4.78, 5) is 0. The van der Waals surface area contributed by atoms with Gasteiger partial charge in [-0.1, -0.05) is 29.8 Å². The van der Waals surface area contributed by atoms with Crippen LogP contribution in [0.4, 0.5) is 5.69 Å². The summed E-state index contributed by atoms with van der Waals surface area (Å²) in [6, 6.07) is 13.9. The van der Waals surface area contributed by atoms with E-state index in [9.17, 15) is 0 Å². The molecule has 2 aromatic carbocycles. The smallest absolute Gasteiger partial charge is 0.170 e. The number of nitrogens with one attached hydrogen (secondary N) is 2. The summed E-state index contributed by atoms with van der Waals surface area (Å²) in [5.41, 5.74) is 3.20. The first-order valence-electron chi connectivity index (χ1n) is 7.52. The SMILES string of the molecule is COc1cccc(CCCNC(=S)Nc2ccc(C)c(Cl)c2)c1. The summed E-state index contributed by atoms with van der Waals surface area (Å²) in [7, 11) is 1.68. The van der Waals surface area contributed by atoms with Crippen LogP contribution in [0.3, 0.4) is 0 Å². The topological polar surface area (TPSA) is 33.3 Å². The standard InChI is InChI=1S/C18H21ClN2OS/c1-13-8-9-15(12-17(13)19)21-18(23)20-10-4-6-14-5-3-7-16(11-14)22-2/h3,5,7-9,11-12H,4,6,10H2,1-2H3,(H2,20,21,23). The number of benzene rings is 2. The number of halogens is 1. The zero-order valence-corrected chi connectivity index (χ0v) is 14.9. The van der Waals surface area contributed by atoms with Gasteiger partial charge < -0.3 is 15.4 Å². The lowest BCUT2D eigenvalue weighted by Gasteiger charge is -2.11. The third-order valence-electron chi connectivity index (χ3n) is 3.49. The van der Waals surface area contributed by atoms with Crippen molar-refractivity contribution in [3.8, 4) is 5.75 Å². The van der Waals surface area contributed by atoms with Crippen LogP contribution in [0.25, 0.3) is 0 Å². The third-order valence-corrected chi connectivity index (χ3v) is 4.15. The Morgan fingerprint density at radius 1 is 1.22 bits per heavy atom. The molecule has 2 rings (SSSR count). The first-order valence-corrected chi connectivity index (χ1v) is 8.31. The maximum absolute atomic E-state index is 6.10. The second-order valence-corrected chi connectivity index (χ2v) is 6.12. The van der Waals surface area contributed by atoms with Crippen molar-refractivity contribution in [3.63, 3.8) is 0 Å². The Labute approximate surface area is 148 Å². The summed E-state index contributed by atoms with van der Waals surface area (Å²) in [5, 5.41) is 7.69. The molecule has 0 saturated carbocycles. The van der Waals surface area contributed by atoms with Crippen molar-refractivity contribution in [3.05, 3.63) is 58.6 Å². The van der Waals surface area contributed by atoms with Gasteiger partial charge in [0.05, 0.1) is 7.11 Å². The first-order chi connectivity index (χ1) is 11.1. The summed E-state index contributed by atoms with van der Waals surface area (Å²) in [6.07, 6.45) is 1.97. The molecule has 3 nitrogen and oxygen atoms in total. The van der Waals surface area contributed by atoms with E-state index in [-0.39, 0.29) is 0 Å². The number of thiocarbonyl (C=S) groups is 1. The maximum Gasteiger partial charge on any atom is 0.170 e. The second-order valence-electron chi connectivity index (χ2n) is 5.30. The fraction of sp³-hybridized carbons (Fsp3) is 0.278. The number of hydrogen-bond donors (Lipinski definition) is 2. The largest absolute Gasteiger partial charge is 0.497 e. The van der Waals surface area contributed by atoms with Gasteiger partial charge in [0, 0.05) is 17.3 Å². The highest BCUT2D eigenvalue weighted by molar-refractivity contribution is 7.80. The Bertz CT molecular complexity index is 676. The van der Waals surface area contributed by atoms with Crippen LogP contribution in [0.2, 0.25) is 5.02 Å². The lowest BCUT2D eigenvalue weighted by atomic mass is 10.1. The number of anilines is 1. The molecule has 0 radical (unpaired) electrons. The molecule has 23 heavy (non-hydrogen) atoms. The van der Waals surface area contributed by atoms with E-state index in [1.165, 1.54) is 5.56 Å². The van der Waals surface area contributed by atoms with Crippen molar-refractivity contribution in [2.75, 3.05) is 19.0 Å². The van der Waals surface area contributed by atoms with Gasteiger partial charge in [-0.3, -0.25) is 0 Å². The summed E-state index contributed by atoms with van der Waals surface area (Å²) in [5.74, 6) is 0.892. The zero-order valence-electron chi connectivity index (χ0n) is 13.4. The second kappa shape index (κ2) is 8.75. The minimum atomic E-state index is 0.607. The van der Waals surface area contributed by atoms with Crippen LogP contribution in [-0.2, 0) is 6.42 Å². The van der Waals surface area contributed by atoms with Crippen LogP contribution >= 0.6 is 23.8 Å². The molecule has 0 aliphatic rings. The summed E-state index contributed by atoms with van der Waals surface area (Å²) in [6.45, 7) is 2.78. The number of hydrogen-bond acceptors (Lipinski definition) is 2. The molecular formula is C18H21ClN2OS. The monoisotopic (exact) mass is 348 g/mol. The fourth-order valence-electron chi connectivity index (χ4n) is 2.17. The van der Waals surface area contributed by atoms with Crippen LogP contribution in [0.1, 0.15) is 17.5 Å². The van der Waals surface area contributed by atoms with E-state index in [4.69, 9.17) is 28.6 Å². The normalized spacial score (nSPS) is 10.2. The average molecular weight is 349 g/mol. The summed E-state index contributed by atoms with van der Waals surface area (Å²) >= 11 is 11.4. The van der Waals surface area contributed by atoms with Crippen molar-refractivity contribution < 1.29 is 4.74 Å². The molecule has 0 spiro atoms. The Balaban J connectivity index is 1.73. The van der Waals surface area contributed by atoms with Crippen LogP contribution in [0, 0.1) is 6.92 Å². The molecule has 0 bridgehead atoms. The van der Waals surface area contributed by atoms with Crippen molar-refractivity contribution in [1.29, 1.82) is 0 Å². The number of methoxy groups -OCH3 is 1. The molecule has 122 valence electrons. The van der Waals surface area contributed by atoms with Crippen LogP contribution in [0.15, 0.2) is 42.5 Å². The molecule has 0 aliphatic carbocycles. The predicted octanol–water partition coefficient (Wildman–Crippen LogP) is 4.58. The Morgan fingerprint density at radius 3 is 2.78 bits per heavy atom. The highest BCUT2D eigenvalue weighted by Gasteiger charge is 2.01. The minimum absolute atomic E-state index is 0.607. The molecule has 0 aliphatic heterocycles. The van der Waals surface area contributed by atoms with Gasteiger partial charge >= 0.3 is 0 Å². The molecule has 5 heteroatoms. The molecule has 2 aromatic rings. The van der Waals surface area contributed by atoms with Crippen molar-refractivity contribution in [2.45, 2.75) is 19.8 Å². The van der Waals surface area contributed by atoms with Gasteiger partial charge in [0.15, 0.2) is 5.11 Å². The average Bonchev–Trinajstić information content (AvgIpc) is 2.55. The van der Waals surface area contributed by atoms with Gasteiger partial charge in [0.25, 0.3) is 0 Å². The number of rotatable bonds is 6. The van der Waals surface area contributed by atoms with Gasteiger partial charge in [-0.05, 0) is 67.4 Å². The van der Waals surface area contributed by atoms with Gasteiger partial charge in [-0.15, -0.1) is 0 Å². The molecule has 0 unspecified atom stereocenters. The highest BCUT2D eigenvalue weighted by Crippen LogP contribution is 2.19. The molecule has 0 heterocycles. The first kappa shape index (κ1) is 17.6. The van der Waals surface area contributed by atoms with Crippen molar-refractivity contribution >= 4 is 34.6 Å². The van der Waals surface area contributed by atoms with Gasteiger partial charge in [0.2, 0.25) is 0 Å². The molecule has 2 N–H and O–H groups in total. The number of ether oxygens (including phenoxy) is 1. The lowest BCUT2D eigenvalue weighted by molar-refractivity contribution is 0.414. The van der Waals surface area contributed by atoms with E-state index in [0.29, 0.717) is 5.11 Å². The van der Waals surface area contributed by atoms with Gasteiger partial charge in [0.1, 0.15) is 5.75 Å². The van der Waals surface area contributed by atoms with E-state index >= 15 is 0 Å². The molecule has 0 amide bonds. The maximum atomic E-state index is 6.10. The Hall–Kier alpha value is -1.78. The Kier molecular flexibility index (Phi) is 6.68. The van der Waals surface area contributed by atoms with E-state index < -0.39 is 0 Å². The number of aryl methyl sites for hydroxylation is 2. The molecular weight excluding hydrogens is 328 g/mol. The zero-order chi connectivity index (χ0) is 16.7. The fourth-order valence-corrected chi connectivity index (χ4v) is 2.57. The van der Waals surface area contributed by atoms with Crippen LogP contribution in [-0.4, -0.2) is 18.8 Å². The molecule has 0 atom stereocenters. The third kappa shape index (κ3) is 5.73. The molecule has 0 saturated heterocycles. The predicted molar refractivity (Wildman–Crippen MR) is 102 cm³/mol. The van der Waals surface area contributed by atoms with E-state index in [1.807, 2.05) is 37.3 Å². The van der Waals surface area contributed by atoms with Crippen LogP contribution in [0.5, 0.6) is 5.75 Å². The van der Waals surface area contributed by atoms with Gasteiger partial charge in [-0.2, -0.15) is 0 Å². The van der Waals surface area contributed by atoms with Crippen molar-refractivity contribution in [1.82, 2.24) is 5.32 Å². The van der Waals surface area contributed by atoms with E-state index in [1.54, 1.807) is 7.11 Å². The van der Waals surface area contributed by atoms with Gasteiger partial charge in [-0.25, -0.2) is 0 Å². The highest BCUT2D eigenvalue weighted by atomic mass is 35.5. The van der Waals surface area contributed by atoms with Crippen LogP contribution < -0.4 is 15.4 Å². The lowest BCUT2D eigenvalue weighted by Crippen LogP contribution is -2.29. The van der Waals surface area contributed by atoms with E-state index in [2.05, 4.69) is 22.8 Å². The quantitative estimate of drug-likeness (QED) is 0.591. The van der Waals surface area contributed by atoms with Crippen molar-refractivity contribution in [2.24, 2.45) is 0 Å². The molecule has 0 aromatic heterocycles.